The summed E-state index contributed by atoms with van der Waals surface area (Å²) in [5.74, 6) is -0.141. The Balaban J connectivity index is 2.44. The number of benzene rings is 2. The molecule has 0 spiro atoms. The van der Waals surface area contributed by atoms with E-state index in [4.69, 9.17) is 16.0 Å². The number of hydrogen-bond acceptors (Lipinski definition) is 4. The van der Waals surface area contributed by atoms with Crippen molar-refractivity contribution in [2.24, 2.45) is 20.9 Å². The highest BCUT2D eigenvalue weighted by atomic mass is 32.2. The van der Waals surface area contributed by atoms with Crippen molar-refractivity contribution in [3.63, 3.8) is 0 Å². The summed E-state index contributed by atoms with van der Waals surface area (Å²) in [6.45, 7) is 3.59. The van der Waals surface area contributed by atoms with Crippen molar-refractivity contribution >= 4 is 29.3 Å². The molecule has 0 heterocycles. The second kappa shape index (κ2) is 8.75. The van der Waals surface area contributed by atoms with Gasteiger partial charge in [-0.1, -0.05) is 23.8 Å². The van der Waals surface area contributed by atoms with Gasteiger partial charge in [0.1, 0.15) is 29.8 Å². The van der Waals surface area contributed by atoms with Gasteiger partial charge in [0.2, 0.25) is 0 Å². The number of aliphatic imine (C=N–C) groups is 2. The van der Waals surface area contributed by atoms with Crippen LogP contribution in [-0.4, -0.2) is 23.4 Å². The molecule has 0 saturated carbocycles. The lowest BCUT2D eigenvalue weighted by atomic mass is 10.0. The summed E-state index contributed by atoms with van der Waals surface area (Å²) in [7, 11) is 0. The summed E-state index contributed by atoms with van der Waals surface area (Å²) in [5.41, 5.74) is 8.98. The van der Waals surface area contributed by atoms with E-state index in [1.54, 1.807) is 6.07 Å². The number of halogens is 1. The Morgan fingerprint density at radius 2 is 1.96 bits per heavy atom. The largest absolute Gasteiger partial charge is 0.388 e. The van der Waals surface area contributed by atoms with Crippen molar-refractivity contribution in [3.05, 3.63) is 58.9 Å². The molecule has 0 aliphatic rings. The zero-order chi connectivity index (χ0) is 18.4. The predicted molar refractivity (Wildman–Crippen MR) is 102 cm³/mol. The number of hydrogen-bond donors (Lipinski definition) is 3. The predicted octanol–water partition coefficient (Wildman–Crippen LogP) is 3.03. The number of rotatable bonds is 5. The number of aliphatic hydroxyl groups is 1. The first-order chi connectivity index (χ1) is 11.9. The van der Waals surface area contributed by atoms with Crippen molar-refractivity contribution in [3.8, 4) is 0 Å². The van der Waals surface area contributed by atoms with Gasteiger partial charge in [0, 0.05) is 11.3 Å². The van der Waals surface area contributed by atoms with E-state index in [9.17, 15) is 4.39 Å². The van der Waals surface area contributed by atoms with E-state index in [1.807, 2.05) is 32.0 Å². The van der Waals surface area contributed by atoms with Crippen molar-refractivity contribution in [1.82, 2.24) is 0 Å². The van der Waals surface area contributed by atoms with Crippen molar-refractivity contribution in [2.75, 3.05) is 6.61 Å². The maximum atomic E-state index is 14.2. The maximum absolute atomic E-state index is 14.2. The summed E-state index contributed by atoms with van der Waals surface area (Å²) in [6, 6.07) is 10.6. The second-order valence-corrected chi connectivity index (χ2v) is 6.33. The maximum Gasteiger partial charge on any atom is 0.150 e. The molecule has 0 aliphatic heterocycles. The van der Waals surface area contributed by atoms with Gasteiger partial charge in [-0.3, -0.25) is 5.14 Å². The Kier molecular flexibility index (Phi) is 6.69. The van der Waals surface area contributed by atoms with E-state index in [0.717, 1.165) is 28.6 Å². The monoisotopic (exact) mass is 360 g/mol. The van der Waals surface area contributed by atoms with Gasteiger partial charge < -0.3 is 10.8 Å². The van der Waals surface area contributed by atoms with Crippen molar-refractivity contribution < 1.29 is 9.50 Å². The molecule has 0 saturated heterocycles. The Morgan fingerprint density at radius 3 is 2.60 bits per heavy atom. The third-order valence-electron chi connectivity index (χ3n) is 3.59. The third kappa shape index (κ3) is 5.38. The van der Waals surface area contributed by atoms with Crippen LogP contribution in [0.15, 0.2) is 51.3 Å². The lowest BCUT2D eigenvalue weighted by molar-refractivity contribution is 0.356. The number of nitrogens with zero attached hydrogens (tertiary/aromatic N) is 2. The smallest absolute Gasteiger partial charge is 0.150 e. The molecular weight excluding hydrogens is 339 g/mol. The average molecular weight is 360 g/mol. The van der Waals surface area contributed by atoms with E-state index < -0.39 is 12.4 Å². The van der Waals surface area contributed by atoms with E-state index in [0.29, 0.717) is 17.2 Å². The third-order valence-corrected chi connectivity index (χ3v) is 4.12. The Hall–Kier alpha value is -2.22. The molecule has 0 unspecified atom stereocenters. The molecule has 5 nitrogen and oxygen atoms in total. The number of amidine groups is 2. The van der Waals surface area contributed by atoms with Crippen LogP contribution in [0.2, 0.25) is 0 Å². The highest BCUT2D eigenvalue weighted by molar-refractivity contribution is 7.97. The molecule has 0 radical (unpaired) electrons. The van der Waals surface area contributed by atoms with Gasteiger partial charge in [-0.2, -0.15) is 0 Å². The van der Waals surface area contributed by atoms with E-state index in [2.05, 4.69) is 9.98 Å². The van der Waals surface area contributed by atoms with E-state index >= 15 is 0 Å². The van der Waals surface area contributed by atoms with Crippen molar-refractivity contribution in [1.29, 1.82) is 0 Å². The molecule has 0 aliphatic carbocycles. The molecule has 2 aromatic carbocycles. The summed E-state index contributed by atoms with van der Waals surface area (Å²) < 4.78 is 14.2. The molecule has 0 atom stereocenters. The molecule has 25 heavy (non-hydrogen) atoms. The molecule has 5 N–H and O–H groups in total. The highest BCUT2D eigenvalue weighted by Crippen LogP contribution is 2.24. The zero-order valence-corrected chi connectivity index (χ0v) is 15.0. The van der Waals surface area contributed by atoms with Gasteiger partial charge in [0.25, 0.3) is 0 Å². The number of nitrogens with two attached hydrogens (primary N) is 2. The highest BCUT2D eigenvalue weighted by Gasteiger charge is 2.09. The van der Waals surface area contributed by atoms with Gasteiger partial charge in [0.15, 0.2) is 0 Å². The van der Waals surface area contributed by atoms with Crippen LogP contribution in [0.25, 0.3) is 0 Å². The van der Waals surface area contributed by atoms with Crippen LogP contribution in [0.1, 0.15) is 16.7 Å². The summed E-state index contributed by atoms with van der Waals surface area (Å²) in [5, 5.41) is 14.6. The average Bonchev–Trinajstić information content (AvgIpc) is 2.59. The fourth-order valence-electron chi connectivity index (χ4n) is 2.26. The van der Waals surface area contributed by atoms with Crippen LogP contribution in [-0.2, 0) is 6.42 Å². The molecule has 2 aromatic rings. The molecule has 0 amide bonds. The Morgan fingerprint density at radius 1 is 1.20 bits per heavy atom. The minimum atomic E-state index is -0.494. The van der Waals surface area contributed by atoms with Gasteiger partial charge in [-0.15, -0.1) is 0 Å². The van der Waals surface area contributed by atoms with E-state index in [-0.39, 0.29) is 11.5 Å². The van der Waals surface area contributed by atoms with Crippen LogP contribution in [0, 0.1) is 19.7 Å². The summed E-state index contributed by atoms with van der Waals surface area (Å²) >= 11 is 0.962. The van der Waals surface area contributed by atoms with Gasteiger partial charge in [0.05, 0.1) is 0 Å². The normalized spacial score (nSPS) is 12.5. The fourth-order valence-corrected chi connectivity index (χ4v) is 2.57. The molecule has 2 rings (SSSR count). The topological polar surface area (TPSA) is 97.0 Å². The summed E-state index contributed by atoms with van der Waals surface area (Å²) in [4.78, 5) is 9.04. The Bertz CT molecular complexity index is 821. The first kappa shape index (κ1) is 19.1. The number of aryl methyl sites for hydroxylation is 2. The molecular formula is C18H21FN4OS. The first-order valence-electron chi connectivity index (χ1n) is 7.66. The standard InChI is InChI=1S/C18H21FN4OS/c1-11-3-4-12(2)13(7-11)8-18(23-17(20)10-24)22-16-6-5-14(25-21)9-15(16)19/h3-7,9,24H,8,10,21H2,1-2H3,(H2,20,22,23). The lowest BCUT2D eigenvalue weighted by Crippen LogP contribution is -2.19. The minimum absolute atomic E-state index is 0.0265. The van der Waals surface area contributed by atoms with Gasteiger partial charge in [-0.05, 0) is 55.1 Å². The van der Waals surface area contributed by atoms with Gasteiger partial charge in [-0.25, -0.2) is 14.4 Å². The minimum Gasteiger partial charge on any atom is -0.388 e. The molecule has 132 valence electrons. The quantitative estimate of drug-likeness (QED) is 0.434. The van der Waals surface area contributed by atoms with Crippen LogP contribution < -0.4 is 10.9 Å². The lowest BCUT2D eigenvalue weighted by Gasteiger charge is -2.09. The fraction of sp³-hybridized carbons (Fsp3) is 0.222. The van der Waals surface area contributed by atoms with Crippen molar-refractivity contribution in [2.45, 2.75) is 25.2 Å². The first-order valence-corrected chi connectivity index (χ1v) is 8.54. The van der Waals surface area contributed by atoms with E-state index in [1.165, 1.54) is 12.1 Å². The molecule has 0 bridgehead atoms. The van der Waals surface area contributed by atoms with Gasteiger partial charge >= 0.3 is 0 Å². The van der Waals surface area contributed by atoms with Crippen LogP contribution in [0.3, 0.4) is 0 Å². The van der Waals surface area contributed by atoms with Crippen LogP contribution in [0.5, 0.6) is 0 Å². The SMILES string of the molecule is Cc1ccc(C)c(CC(N=C(N)CO)=Nc2ccc(SN)cc2F)c1. The van der Waals surface area contributed by atoms with Crippen LogP contribution >= 0.6 is 11.9 Å². The number of aliphatic hydroxyl groups excluding tert-OH is 1. The molecule has 0 fully saturated rings. The molecule has 7 heteroatoms. The Labute approximate surface area is 150 Å². The molecule has 0 aromatic heterocycles. The van der Waals surface area contributed by atoms with Crippen LogP contribution in [0.4, 0.5) is 10.1 Å². The summed E-state index contributed by atoms with van der Waals surface area (Å²) in [6.07, 6.45) is 0.376. The zero-order valence-electron chi connectivity index (χ0n) is 14.2. The second-order valence-electron chi connectivity index (χ2n) is 5.63.